The smallest absolute Gasteiger partial charge is 0.0195 e. The molecule has 0 aromatic rings. The van der Waals surface area contributed by atoms with Crippen molar-refractivity contribution >= 4 is 0 Å². The van der Waals surface area contributed by atoms with Gasteiger partial charge in [-0.05, 0) is 32.7 Å². The van der Waals surface area contributed by atoms with Gasteiger partial charge in [0.2, 0.25) is 0 Å². The van der Waals surface area contributed by atoms with Crippen molar-refractivity contribution in [3.05, 3.63) is 0 Å². The van der Waals surface area contributed by atoms with Crippen molar-refractivity contribution in [3.63, 3.8) is 0 Å². The fraction of sp³-hybridized carbons (Fsp3) is 1.00. The largest absolute Gasteiger partial charge is 0.313 e. The van der Waals surface area contributed by atoms with E-state index in [1.165, 1.54) is 25.8 Å². The molecule has 1 aliphatic heterocycles. The molecule has 2 nitrogen and oxygen atoms in total. The van der Waals surface area contributed by atoms with Crippen molar-refractivity contribution in [1.29, 1.82) is 0 Å². The zero-order valence-corrected chi connectivity index (χ0v) is 10.2. The summed E-state index contributed by atoms with van der Waals surface area (Å²) in [5, 5.41) is 3.53. The fourth-order valence-electron chi connectivity index (χ4n) is 2.40. The Kier molecular flexibility index (Phi) is 4.90. The molecule has 0 aliphatic carbocycles. The maximum atomic E-state index is 3.53. The van der Waals surface area contributed by atoms with Crippen molar-refractivity contribution in [3.8, 4) is 0 Å². The second kappa shape index (κ2) is 5.72. The van der Waals surface area contributed by atoms with Gasteiger partial charge in [-0.3, -0.25) is 4.90 Å². The summed E-state index contributed by atoms with van der Waals surface area (Å²) in [6.45, 7) is 11.5. The van der Waals surface area contributed by atoms with Gasteiger partial charge in [0.15, 0.2) is 0 Å². The van der Waals surface area contributed by atoms with E-state index in [9.17, 15) is 0 Å². The van der Waals surface area contributed by atoms with E-state index in [0.29, 0.717) is 12.1 Å². The molecule has 0 saturated carbocycles. The maximum absolute atomic E-state index is 3.53. The lowest BCUT2D eigenvalue weighted by molar-refractivity contribution is 0.181. The van der Waals surface area contributed by atoms with Gasteiger partial charge in [0.05, 0.1) is 0 Å². The molecule has 1 aliphatic rings. The van der Waals surface area contributed by atoms with E-state index in [0.717, 1.165) is 12.6 Å². The van der Waals surface area contributed by atoms with Crippen molar-refractivity contribution in [2.24, 2.45) is 0 Å². The van der Waals surface area contributed by atoms with Gasteiger partial charge in [-0.15, -0.1) is 0 Å². The highest BCUT2D eigenvalue weighted by atomic mass is 15.2. The summed E-state index contributed by atoms with van der Waals surface area (Å²) < 4.78 is 0. The first-order valence-electron chi connectivity index (χ1n) is 6.14. The van der Waals surface area contributed by atoms with Crippen LogP contribution in [0.5, 0.6) is 0 Å². The van der Waals surface area contributed by atoms with Gasteiger partial charge in [0.1, 0.15) is 0 Å². The topological polar surface area (TPSA) is 15.3 Å². The minimum Gasteiger partial charge on any atom is -0.313 e. The average Bonchev–Trinajstić information content (AvgIpc) is 2.61. The molecule has 1 saturated heterocycles. The Bertz CT molecular complexity index is 156. The van der Waals surface area contributed by atoms with Crippen LogP contribution in [0.2, 0.25) is 0 Å². The Morgan fingerprint density at radius 2 is 2.07 bits per heavy atom. The van der Waals surface area contributed by atoms with Crippen LogP contribution in [0.4, 0.5) is 0 Å². The van der Waals surface area contributed by atoms with Gasteiger partial charge in [0.25, 0.3) is 0 Å². The summed E-state index contributed by atoms with van der Waals surface area (Å²) in [7, 11) is 0. The molecule has 84 valence electrons. The molecule has 2 heteroatoms. The number of likely N-dealkylation sites (tertiary alicyclic amines) is 1. The Balaban J connectivity index is 2.31. The quantitative estimate of drug-likeness (QED) is 0.729. The molecule has 1 rings (SSSR count). The minimum absolute atomic E-state index is 0.611. The van der Waals surface area contributed by atoms with Crippen LogP contribution in [0.25, 0.3) is 0 Å². The van der Waals surface area contributed by atoms with Crippen LogP contribution >= 0.6 is 0 Å². The fourth-order valence-corrected chi connectivity index (χ4v) is 2.40. The van der Waals surface area contributed by atoms with Gasteiger partial charge in [-0.25, -0.2) is 0 Å². The molecule has 14 heavy (non-hydrogen) atoms. The molecule has 0 amide bonds. The molecule has 2 atom stereocenters. The highest BCUT2D eigenvalue weighted by Gasteiger charge is 2.26. The van der Waals surface area contributed by atoms with E-state index in [1.54, 1.807) is 0 Å². The monoisotopic (exact) mass is 198 g/mol. The van der Waals surface area contributed by atoms with Crippen molar-refractivity contribution in [1.82, 2.24) is 10.2 Å². The van der Waals surface area contributed by atoms with Crippen LogP contribution in [0, 0.1) is 0 Å². The van der Waals surface area contributed by atoms with E-state index < -0.39 is 0 Å². The number of hydrogen-bond donors (Lipinski definition) is 1. The molecule has 0 aromatic carbocycles. The van der Waals surface area contributed by atoms with Crippen LogP contribution in [-0.4, -0.2) is 36.1 Å². The zero-order valence-electron chi connectivity index (χ0n) is 10.2. The van der Waals surface area contributed by atoms with Gasteiger partial charge < -0.3 is 5.32 Å². The molecule has 0 spiro atoms. The highest BCUT2D eigenvalue weighted by Crippen LogP contribution is 2.21. The predicted molar refractivity (Wildman–Crippen MR) is 62.6 cm³/mol. The molecule has 2 unspecified atom stereocenters. The molecular weight excluding hydrogens is 172 g/mol. The Hall–Kier alpha value is -0.0800. The average molecular weight is 198 g/mol. The number of hydrogen-bond acceptors (Lipinski definition) is 2. The summed E-state index contributed by atoms with van der Waals surface area (Å²) in [6, 6.07) is 2.16. The second-order valence-corrected chi connectivity index (χ2v) is 4.85. The van der Waals surface area contributed by atoms with Gasteiger partial charge in [-0.1, -0.05) is 20.8 Å². The molecule has 1 heterocycles. The first kappa shape index (κ1) is 12.0. The van der Waals surface area contributed by atoms with E-state index in [-0.39, 0.29) is 0 Å². The van der Waals surface area contributed by atoms with Crippen LogP contribution in [0.15, 0.2) is 0 Å². The van der Waals surface area contributed by atoms with Crippen molar-refractivity contribution in [2.75, 3.05) is 13.1 Å². The maximum Gasteiger partial charge on any atom is 0.0195 e. The molecular formula is C12H26N2. The Labute approximate surface area is 89.1 Å². The third-order valence-electron chi connectivity index (χ3n) is 3.28. The first-order valence-corrected chi connectivity index (χ1v) is 6.14. The summed E-state index contributed by atoms with van der Waals surface area (Å²) in [5.41, 5.74) is 0. The van der Waals surface area contributed by atoms with Gasteiger partial charge >= 0.3 is 0 Å². The summed E-state index contributed by atoms with van der Waals surface area (Å²) >= 11 is 0. The molecule has 1 fully saturated rings. The van der Waals surface area contributed by atoms with Crippen LogP contribution < -0.4 is 5.32 Å². The van der Waals surface area contributed by atoms with Crippen molar-refractivity contribution < 1.29 is 0 Å². The van der Waals surface area contributed by atoms with Gasteiger partial charge in [-0.2, -0.15) is 0 Å². The second-order valence-electron chi connectivity index (χ2n) is 4.85. The van der Waals surface area contributed by atoms with E-state index in [1.807, 2.05) is 0 Å². The van der Waals surface area contributed by atoms with Crippen LogP contribution in [0.3, 0.4) is 0 Å². The number of nitrogens with one attached hydrogen (secondary N) is 1. The lowest BCUT2D eigenvalue weighted by Crippen LogP contribution is -2.44. The number of rotatable bonds is 5. The van der Waals surface area contributed by atoms with E-state index in [4.69, 9.17) is 0 Å². The normalized spacial score (nSPS) is 25.9. The van der Waals surface area contributed by atoms with E-state index in [2.05, 4.69) is 37.9 Å². The Morgan fingerprint density at radius 1 is 1.36 bits per heavy atom. The Morgan fingerprint density at radius 3 is 2.64 bits per heavy atom. The summed E-state index contributed by atoms with van der Waals surface area (Å²) in [5.74, 6) is 0. The van der Waals surface area contributed by atoms with Gasteiger partial charge in [0, 0.05) is 24.7 Å². The van der Waals surface area contributed by atoms with Crippen LogP contribution in [0.1, 0.15) is 47.0 Å². The SMILES string of the molecule is CCC1CCCN1C(C)CNC(C)C. The zero-order chi connectivity index (χ0) is 10.6. The lowest BCUT2D eigenvalue weighted by atomic mass is 10.1. The van der Waals surface area contributed by atoms with E-state index >= 15 is 0 Å². The molecule has 0 aromatic heterocycles. The number of nitrogens with zero attached hydrogens (tertiary/aromatic N) is 1. The third-order valence-corrected chi connectivity index (χ3v) is 3.28. The predicted octanol–water partition coefficient (Wildman–Crippen LogP) is 2.25. The highest BCUT2D eigenvalue weighted by molar-refractivity contribution is 4.83. The summed E-state index contributed by atoms with van der Waals surface area (Å²) in [6.07, 6.45) is 4.11. The van der Waals surface area contributed by atoms with Crippen molar-refractivity contribution in [2.45, 2.75) is 65.1 Å². The molecule has 1 N–H and O–H groups in total. The summed E-state index contributed by atoms with van der Waals surface area (Å²) in [4.78, 5) is 2.68. The molecule has 0 radical (unpaired) electrons. The third kappa shape index (κ3) is 3.25. The first-order chi connectivity index (χ1) is 6.65. The minimum atomic E-state index is 0.611. The lowest BCUT2D eigenvalue weighted by Gasteiger charge is -2.30. The standard InChI is InChI=1S/C12H26N2/c1-5-12-7-6-8-14(12)11(4)9-13-10(2)3/h10-13H,5-9H2,1-4H3. The molecule has 0 bridgehead atoms. The van der Waals surface area contributed by atoms with Crippen LogP contribution in [-0.2, 0) is 0 Å².